The van der Waals surface area contributed by atoms with Crippen LogP contribution < -0.4 is 0 Å². The molecule has 2 nitrogen and oxygen atoms in total. The highest BCUT2D eigenvalue weighted by Crippen LogP contribution is 2.20. The van der Waals surface area contributed by atoms with E-state index in [9.17, 15) is 4.79 Å². The lowest BCUT2D eigenvalue weighted by molar-refractivity contribution is 0.0716. The maximum Gasteiger partial charge on any atom is 0.255 e. The summed E-state index contributed by atoms with van der Waals surface area (Å²) in [6.07, 6.45) is 0. The normalized spacial score (nSPS) is 10.6. The summed E-state index contributed by atoms with van der Waals surface area (Å²) in [4.78, 5) is 14.1. The van der Waals surface area contributed by atoms with Crippen molar-refractivity contribution in [3.8, 4) is 0 Å². The zero-order chi connectivity index (χ0) is 12.3. The van der Waals surface area contributed by atoms with Gasteiger partial charge in [0, 0.05) is 17.1 Å². The predicted octanol–water partition coefficient (Wildman–Crippen LogP) is 3.63. The number of benzene rings is 1. The minimum Gasteiger partial charge on any atom is -0.336 e. The van der Waals surface area contributed by atoms with E-state index in [-0.39, 0.29) is 11.9 Å². The van der Waals surface area contributed by atoms with E-state index in [1.807, 2.05) is 50.8 Å². The smallest absolute Gasteiger partial charge is 0.255 e. The Balaban J connectivity index is 3.04. The van der Waals surface area contributed by atoms with Gasteiger partial charge >= 0.3 is 0 Å². The van der Waals surface area contributed by atoms with E-state index in [0.29, 0.717) is 0 Å². The number of hydrogen-bond donors (Lipinski definition) is 0. The van der Waals surface area contributed by atoms with Crippen LogP contribution in [-0.2, 0) is 0 Å². The van der Waals surface area contributed by atoms with Crippen LogP contribution in [0.15, 0.2) is 22.7 Å². The van der Waals surface area contributed by atoms with Crippen LogP contribution in [0.4, 0.5) is 0 Å². The molecule has 0 bridgehead atoms. The lowest BCUT2D eigenvalue weighted by Gasteiger charge is -2.25. The summed E-state index contributed by atoms with van der Waals surface area (Å²) in [5, 5.41) is 0. The number of hydrogen-bond acceptors (Lipinski definition) is 1. The van der Waals surface area contributed by atoms with Crippen LogP contribution in [0.3, 0.4) is 0 Å². The van der Waals surface area contributed by atoms with Gasteiger partial charge in [-0.05, 0) is 61.3 Å². The number of nitrogens with zero attached hydrogens (tertiary/aromatic N) is 1. The molecule has 1 aromatic rings. The summed E-state index contributed by atoms with van der Waals surface area (Å²) in [5.41, 5.74) is 1.89. The summed E-state index contributed by atoms with van der Waals surface area (Å²) >= 11 is 3.45. The second-order valence-corrected chi connectivity index (χ2v) is 5.02. The molecule has 0 saturated carbocycles. The lowest BCUT2D eigenvalue weighted by atomic mass is 10.1. The number of carbonyl (C=O) groups excluding carboxylic acids is 1. The van der Waals surface area contributed by atoms with E-state index in [4.69, 9.17) is 0 Å². The van der Waals surface area contributed by atoms with Crippen LogP contribution in [0.2, 0.25) is 0 Å². The first-order valence-electron chi connectivity index (χ1n) is 5.54. The molecule has 16 heavy (non-hydrogen) atoms. The molecule has 1 aromatic carbocycles. The van der Waals surface area contributed by atoms with E-state index in [0.717, 1.165) is 22.1 Å². The summed E-state index contributed by atoms with van der Waals surface area (Å²) in [7, 11) is 0. The van der Waals surface area contributed by atoms with Crippen LogP contribution >= 0.6 is 15.9 Å². The highest BCUT2D eigenvalue weighted by atomic mass is 79.9. The molecule has 0 atom stereocenters. The lowest BCUT2D eigenvalue weighted by Crippen LogP contribution is -2.36. The Morgan fingerprint density at radius 1 is 1.44 bits per heavy atom. The third-order valence-corrected chi connectivity index (χ3v) is 3.24. The second-order valence-electron chi connectivity index (χ2n) is 4.17. The molecule has 0 saturated heterocycles. The van der Waals surface area contributed by atoms with Crippen molar-refractivity contribution in [1.82, 2.24) is 4.90 Å². The highest BCUT2D eigenvalue weighted by Gasteiger charge is 2.18. The maximum atomic E-state index is 12.2. The first-order valence-corrected chi connectivity index (χ1v) is 6.33. The third-order valence-electron chi connectivity index (χ3n) is 2.58. The van der Waals surface area contributed by atoms with Crippen LogP contribution in [-0.4, -0.2) is 23.4 Å². The monoisotopic (exact) mass is 283 g/mol. The molecule has 0 aliphatic heterocycles. The minimum absolute atomic E-state index is 0.0874. The second kappa shape index (κ2) is 5.48. The highest BCUT2D eigenvalue weighted by molar-refractivity contribution is 9.10. The largest absolute Gasteiger partial charge is 0.336 e. The number of rotatable bonds is 3. The molecule has 0 aliphatic carbocycles. The van der Waals surface area contributed by atoms with Gasteiger partial charge in [0.1, 0.15) is 0 Å². The molecule has 0 spiro atoms. The zero-order valence-corrected chi connectivity index (χ0v) is 11.8. The van der Waals surface area contributed by atoms with E-state index in [1.165, 1.54) is 0 Å². The molecule has 0 heterocycles. The Morgan fingerprint density at radius 3 is 2.50 bits per heavy atom. The molecule has 0 aliphatic rings. The predicted molar refractivity (Wildman–Crippen MR) is 70.7 cm³/mol. The van der Waals surface area contributed by atoms with Gasteiger partial charge in [-0.1, -0.05) is 6.07 Å². The van der Waals surface area contributed by atoms with E-state index >= 15 is 0 Å². The molecule has 0 fully saturated rings. The van der Waals surface area contributed by atoms with Crippen LogP contribution in [0.25, 0.3) is 0 Å². The Bertz CT molecular complexity index is 388. The first-order chi connectivity index (χ1) is 7.47. The average molecular weight is 284 g/mol. The third kappa shape index (κ3) is 2.85. The summed E-state index contributed by atoms with van der Waals surface area (Å²) in [5.74, 6) is 0.0874. The Kier molecular flexibility index (Phi) is 4.54. The van der Waals surface area contributed by atoms with Crippen LogP contribution in [0.5, 0.6) is 0 Å². The molecule has 0 aromatic heterocycles. The molecule has 0 unspecified atom stereocenters. The summed E-state index contributed by atoms with van der Waals surface area (Å²) < 4.78 is 0.872. The molecular weight excluding hydrogens is 266 g/mol. The Hall–Kier alpha value is -0.830. The Morgan fingerprint density at radius 2 is 2.06 bits per heavy atom. The van der Waals surface area contributed by atoms with Gasteiger partial charge in [0.25, 0.3) is 5.91 Å². The van der Waals surface area contributed by atoms with Crippen molar-refractivity contribution < 1.29 is 4.79 Å². The van der Waals surface area contributed by atoms with Crippen molar-refractivity contribution in [3.63, 3.8) is 0 Å². The zero-order valence-electron chi connectivity index (χ0n) is 10.2. The van der Waals surface area contributed by atoms with Crippen LogP contribution in [0.1, 0.15) is 36.7 Å². The van der Waals surface area contributed by atoms with Gasteiger partial charge in [0.05, 0.1) is 5.56 Å². The Labute approximate surface area is 106 Å². The molecule has 1 amide bonds. The standard InChI is InChI=1S/C13H18BrNO/c1-5-15(9(2)3)13(16)11-7-6-10(4)8-12(11)14/h6-9H,5H2,1-4H3. The average Bonchev–Trinajstić information content (AvgIpc) is 2.17. The number of aryl methyl sites for hydroxylation is 1. The number of halogens is 1. The van der Waals surface area contributed by atoms with Gasteiger partial charge in [-0.2, -0.15) is 0 Å². The topological polar surface area (TPSA) is 20.3 Å². The number of carbonyl (C=O) groups is 1. The fraction of sp³-hybridized carbons (Fsp3) is 0.462. The van der Waals surface area contributed by atoms with Crippen molar-refractivity contribution in [2.45, 2.75) is 33.7 Å². The fourth-order valence-electron chi connectivity index (χ4n) is 1.69. The van der Waals surface area contributed by atoms with Gasteiger partial charge in [0.15, 0.2) is 0 Å². The van der Waals surface area contributed by atoms with Crippen molar-refractivity contribution in [2.75, 3.05) is 6.54 Å². The SMILES string of the molecule is CCN(C(=O)c1ccc(C)cc1Br)C(C)C. The van der Waals surface area contributed by atoms with Gasteiger partial charge in [-0.3, -0.25) is 4.79 Å². The molecule has 3 heteroatoms. The van der Waals surface area contributed by atoms with Crippen LogP contribution in [0, 0.1) is 6.92 Å². The van der Waals surface area contributed by atoms with E-state index in [2.05, 4.69) is 15.9 Å². The van der Waals surface area contributed by atoms with E-state index < -0.39 is 0 Å². The van der Waals surface area contributed by atoms with Crippen molar-refractivity contribution in [3.05, 3.63) is 33.8 Å². The van der Waals surface area contributed by atoms with Crippen molar-refractivity contribution >= 4 is 21.8 Å². The van der Waals surface area contributed by atoms with Crippen molar-refractivity contribution in [1.29, 1.82) is 0 Å². The minimum atomic E-state index is 0.0874. The molecular formula is C13H18BrNO. The van der Waals surface area contributed by atoms with Gasteiger partial charge in [-0.15, -0.1) is 0 Å². The summed E-state index contributed by atoms with van der Waals surface area (Å²) in [6.45, 7) is 8.81. The van der Waals surface area contributed by atoms with Crippen molar-refractivity contribution in [2.24, 2.45) is 0 Å². The fourth-order valence-corrected chi connectivity index (χ4v) is 2.35. The summed E-state index contributed by atoms with van der Waals surface area (Å²) in [6, 6.07) is 6.05. The molecule has 0 N–H and O–H groups in total. The maximum absolute atomic E-state index is 12.2. The van der Waals surface area contributed by atoms with Gasteiger partial charge < -0.3 is 4.90 Å². The molecule has 1 rings (SSSR count). The number of amides is 1. The first kappa shape index (κ1) is 13.2. The van der Waals surface area contributed by atoms with E-state index in [1.54, 1.807) is 0 Å². The van der Waals surface area contributed by atoms with Gasteiger partial charge in [-0.25, -0.2) is 0 Å². The molecule has 88 valence electrons. The molecule has 0 radical (unpaired) electrons. The quantitative estimate of drug-likeness (QED) is 0.830. The van der Waals surface area contributed by atoms with Gasteiger partial charge in [0.2, 0.25) is 0 Å².